The number of carbonyl (C=O) groups is 1. The molecule has 0 radical (unpaired) electrons. The van der Waals surface area contributed by atoms with Crippen LogP contribution in [0.25, 0.3) is 10.9 Å². The van der Waals surface area contributed by atoms with Crippen LogP contribution < -0.4 is 4.74 Å². The van der Waals surface area contributed by atoms with Crippen LogP contribution in [0.15, 0.2) is 54.6 Å². The third-order valence-electron chi connectivity index (χ3n) is 3.79. The highest BCUT2D eigenvalue weighted by Gasteiger charge is 2.22. The zero-order valence-electron chi connectivity index (χ0n) is 11.4. The third kappa shape index (κ3) is 1.98. The predicted molar refractivity (Wildman–Crippen MR) is 80.8 cm³/mol. The quantitative estimate of drug-likeness (QED) is 0.673. The summed E-state index contributed by atoms with van der Waals surface area (Å²) in [5, 5.41) is 1.03. The first-order chi connectivity index (χ1) is 10.3. The van der Waals surface area contributed by atoms with Crippen LogP contribution in [-0.2, 0) is 6.42 Å². The van der Waals surface area contributed by atoms with Gasteiger partial charge in [0.25, 0.3) is 0 Å². The number of aromatic nitrogens is 1. The predicted octanol–water partition coefficient (Wildman–Crippen LogP) is 3.40. The molecule has 2 aromatic carbocycles. The number of benzene rings is 2. The van der Waals surface area contributed by atoms with E-state index in [0.717, 1.165) is 28.6 Å². The van der Waals surface area contributed by atoms with Crippen molar-refractivity contribution in [1.82, 2.24) is 4.98 Å². The maximum atomic E-state index is 12.7. The van der Waals surface area contributed by atoms with Gasteiger partial charge >= 0.3 is 0 Å². The van der Waals surface area contributed by atoms with Gasteiger partial charge in [0.2, 0.25) is 5.78 Å². The lowest BCUT2D eigenvalue weighted by molar-refractivity contribution is 0.103. The summed E-state index contributed by atoms with van der Waals surface area (Å²) in [5.74, 6) is 0.636. The fraction of sp³-hybridized carbons (Fsp3) is 0.111. The van der Waals surface area contributed by atoms with E-state index in [4.69, 9.17) is 4.74 Å². The first-order valence-electron chi connectivity index (χ1n) is 6.98. The van der Waals surface area contributed by atoms with Crippen molar-refractivity contribution in [2.24, 2.45) is 0 Å². The molecule has 0 unspecified atom stereocenters. The molecule has 3 heteroatoms. The molecule has 0 aliphatic carbocycles. The fourth-order valence-electron chi connectivity index (χ4n) is 2.72. The average molecular weight is 275 g/mol. The zero-order valence-corrected chi connectivity index (χ0v) is 11.4. The molecule has 0 bridgehead atoms. The largest absolute Gasteiger partial charge is 0.492 e. The Balaban J connectivity index is 1.82. The number of hydrogen-bond acceptors (Lipinski definition) is 3. The van der Waals surface area contributed by atoms with Gasteiger partial charge in [-0.3, -0.25) is 4.79 Å². The van der Waals surface area contributed by atoms with E-state index in [2.05, 4.69) is 4.98 Å². The van der Waals surface area contributed by atoms with Gasteiger partial charge in [-0.2, -0.15) is 0 Å². The van der Waals surface area contributed by atoms with Gasteiger partial charge in [-0.05, 0) is 23.8 Å². The SMILES string of the molecule is O=C(c1ccc2ccccc2n1)c1cccc2c1OCC2. The molecule has 0 saturated carbocycles. The number of para-hydroxylation sites is 2. The second-order valence-electron chi connectivity index (χ2n) is 5.11. The van der Waals surface area contributed by atoms with Gasteiger partial charge in [0.15, 0.2) is 0 Å². The van der Waals surface area contributed by atoms with E-state index in [1.54, 1.807) is 6.07 Å². The Morgan fingerprint density at radius 3 is 2.86 bits per heavy atom. The van der Waals surface area contributed by atoms with Gasteiger partial charge < -0.3 is 4.74 Å². The third-order valence-corrected chi connectivity index (χ3v) is 3.79. The molecule has 0 amide bonds. The van der Waals surface area contributed by atoms with Gasteiger partial charge in [0, 0.05) is 11.8 Å². The molecule has 1 aliphatic heterocycles. The molecular weight excluding hydrogens is 262 g/mol. The summed E-state index contributed by atoms with van der Waals surface area (Å²) in [7, 11) is 0. The molecule has 0 spiro atoms. The summed E-state index contributed by atoms with van der Waals surface area (Å²) >= 11 is 0. The molecule has 2 heterocycles. The van der Waals surface area contributed by atoms with Crippen molar-refractivity contribution in [2.75, 3.05) is 6.61 Å². The van der Waals surface area contributed by atoms with E-state index in [0.29, 0.717) is 17.9 Å². The van der Waals surface area contributed by atoms with Crippen LogP contribution in [0.4, 0.5) is 0 Å². The van der Waals surface area contributed by atoms with Crippen LogP contribution in [-0.4, -0.2) is 17.4 Å². The molecular formula is C18H13NO2. The maximum absolute atomic E-state index is 12.7. The lowest BCUT2D eigenvalue weighted by Crippen LogP contribution is -2.06. The second-order valence-corrected chi connectivity index (χ2v) is 5.11. The monoisotopic (exact) mass is 275 g/mol. The Morgan fingerprint density at radius 2 is 1.90 bits per heavy atom. The van der Waals surface area contributed by atoms with Crippen LogP contribution in [0.5, 0.6) is 5.75 Å². The molecule has 0 fully saturated rings. The van der Waals surface area contributed by atoms with Crippen molar-refractivity contribution in [3.8, 4) is 5.75 Å². The van der Waals surface area contributed by atoms with E-state index in [1.165, 1.54) is 0 Å². The molecule has 0 saturated heterocycles. The van der Waals surface area contributed by atoms with E-state index < -0.39 is 0 Å². The van der Waals surface area contributed by atoms with Crippen molar-refractivity contribution < 1.29 is 9.53 Å². The Kier molecular flexibility index (Phi) is 2.71. The van der Waals surface area contributed by atoms with E-state index >= 15 is 0 Å². The van der Waals surface area contributed by atoms with Gasteiger partial charge in [-0.1, -0.05) is 36.4 Å². The van der Waals surface area contributed by atoms with Crippen molar-refractivity contribution in [2.45, 2.75) is 6.42 Å². The van der Waals surface area contributed by atoms with Crippen LogP contribution >= 0.6 is 0 Å². The van der Waals surface area contributed by atoms with Crippen molar-refractivity contribution in [3.05, 3.63) is 71.4 Å². The molecule has 4 rings (SSSR count). The Morgan fingerprint density at radius 1 is 1.00 bits per heavy atom. The summed E-state index contributed by atoms with van der Waals surface area (Å²) in [4.78, 5) is 17.2. The van der Waals surface area contributed by atoms with Crippen molar-refractivity contribution in [1.29, 1.82) is 0 Å². The Bertz CT molecular complexity index is 855. The van der Waals surface area contributed by atoms with Gasteiger partial charge in [-0.25, -0.2) is 4.98 Å². The number of hydrogen-bond donors (Lipinski definition) is 0. The number of fused-ring (bicyclic) bond motifs is 2. The molecule has 0 atom stereocenters. The summed E-state index contributed by atoms with van der Waals surface area (Å²) in [6.45, 7) is 0.644. The zero-order chi connectivity index (χ0) is 14.2. The van der Waals surface area contributed by atoms with Crippen LogP contribution in [0.1, 0.15) is 21.6 Å². The van der Waals surface area contributed by atoms with Crippen molar-refractivity contribution in [3.63, 3.8) is 0 Å². The summed E-state index contributed by atoms with van der Waals surface area (Å²) in [6.07, 6.45) is 0.863. The number of ether oxygens (including phenoxy) is 1. The molecule has 0 N–H and O–H groups in total. The molecule has 21 heavy (non-hydrogen) atoms. The van der Waals surface area contributed by atoms with Crippen LogP contribution in [0.3, 0.4) is 0 Å². The van der Waals surface area contributed by atoms with Gasteiger partial charge in [0.1, 0.15) is 11.4 Å². The van der Waals surface area contributed by atoms with Gasteiger partial charge in [0.05, 0.1) is 17.7 Å². The molecule has 1 aromatic heterocycles. The second kappa shape index (κ2) is 4.70. The Labute approximate surface area is 122 Å². The number of ketones is 1. The lowest BCUT2D eigenvalue weighted by Gasteiger charge is -2.07. The smallest absolute Gasteiger partial charge is 0.215 e. The minimum absolute atomic E-state index is 0.0838. The minimum Gasteiger partial charge on any atom is -0.492 e. The van der Waals surface area contributed by atoms with Crippen molar-refractivity contribution >= 4 is 16.7 Å². The van der Waals surface area contributed by atoms with E-state index in [9.17, 15) is 4.79 Å². The number of nitrogens with zero attached hydrogens (tertiary/aromatic N) is 1. The topological polar surface area (TPSA) is 39.2 Å². The highest BCUT2D eigenvalue weighted by atomic mass is 16.5. The average Bonchev–Trinajstić information content (AvgIpc) is 3.02. The fourth-order valence-corrected chi connectivity index (χ4v) is 2.72. The van der Waals surface area contributed by atoms with E-state index in [-0.39, 0.29) is 5.78 Å². The summed E-state index contributed by atoms with van der Waals surface area (Å²) in [6, 6.07) is 17.2. The standard InChI is InChI=1S/C18H13NO2/c20-17(14-6-3-5-13-10-11-21-18(13)14)16-9-8-12-4-1-2-7-15(12)19-16/h1-9H,10-11H2. The Hall–Kier alpha value is -2.68. The highest BCUT2D eigenvalue weighted by Crippen LogP contribution is 2.30. The van der Waals surface area contributed by atoms with E-state index in [1.807, 2.05) is 48.5 Å². The first kappa shape index (κ1) is 12.1. The number of rotatable bonds is 2. The summed E-state index contributed by atoms with van der Waals surface area (Å²) < 4.78 is 5.61. The maximum Gasteiger partial charge on any atom is 0.215 e. The first-order valence-corrected chi connectivity index (χ1v) is 6.98. The summed E-state index contributed by atoms with van der Waals surface area (Å²) in [5.41, 5.74) is 2.99. The van der Waals surface area contributed by atoms with Gasteiger partial charge in [-0.15, -0.1) is 0 Å². The normalized spacial score (nSPS) is 13.0. The number of pyridine rings is 1. The molecule has 1 aliphatic rings. The van der Waals surface area contributed by atoms with Crippen LogP contribution in [0.2, 0.25) is 0 Å². The lowest BCUT2D eigenvalue weighted by atomic mass is 10.0. The minimum atomic E-state index is -0.0838. The molecule has 102 valence electrons. The van der Waals surface area contributed by atoms with Crippen LogP contribution in [0, 0.1) is 0 Å². The molecule has 3 aromatic rings. The highest BCUT2D eigenvalue weighted by molar-refractivity contribution is 6.10. The number of carbonyl (C=O) groups excluding carboxylic acids is 1. The molecule has 3 nitrogen and oxygen atoms in total.